The standard InChI is InChI=1S/C24H25BrN4O5/c1-30-7-9-32-22-12-19-21(13-23(22)33-10-8-31-2)27-15-28-24(19)26-14-18-11-20(29-34-18)16-3-5-17(25)6-4-16/h3-6,11-13,15H,7-10,14H2,1-2H3,(H,26,27,28). The lowest BCUT2D eigenvalue weighted by Gasteiger charge is -2.15. The van der Waals surface area contributed by atoms with E-state index >= 15 is 0 Å². The van der Waals surface area contributed by atoms with Crippen molar-refractivity contribution in [1.29, 1.82) is 0 Å². The molecule has 178 valence electrons. The molecule has 0 aliphatic heterocycles. The highest BCUT2D eigenvalue weighted by atomic mass is 79.9. The summed E-state index contributed by atoms with van der Waals surface area (Å²) in [6, 6.07) is 13.5. The third-order valence-electron chi connectivity index (χ3n) is 4.92. The van der Waals surface area contributed by atoms with Gasteiger partial charge in [0.2, 0.25) is 0 Å². The summed E-state index contributed by atoms with van der Waals surface area (Å²) in [5, 5.41) is 8.28. The summed E-state index contributed by atoms with van der Waals surface area (Å²) in [7, 11) is 3.25. The number of rotatable bonds is 12. The minimum atomic E-state index is 0.385. The van der Waals surface area contributed by atoms with Gasteiger partial charge < -0.3 is 28.8 Å². The number of hydrogen-bond acceptors (Lipinski definition) is 9. The number of halogens is 1. The van der Waals surface area contributed by atoms with Crippen LogP contribution in [0.2, 0.25) is 0 Å². The van der Waals surface area contributed by atoms with E-state index in [2.05, 4.69) is 36.4 Å². The zero-order valence-corrected chi connectivity index (χ0v) is 20.5. The Kier molecular flexibility index (Phi) is 8.29. The Balaban J connectivity index is 1.53. The summed E-state index contributed by atoms with van der Waals surface area (Å²) in [4.78, 5) is 8.80. The van der Waals surface area contributed by atoms with Gasteiger partial charge in [-0.25, -0.2) is 9.97 Å². The molecule has 10 heteroatoms. The number of anilines is 1. The minimum Gasteiger partial charge on any atom is -0.487 e. The molecule has 0 fully saturated rings. The van der Waals surface area contributed by atoms with Crippen LogP contribution in [0.25, 0.3) is 22.2 Å². The summed E-state index contributed by atoms with van der Waals surface area (Å²) in [5.41, 5.74) is 2.46. The summed E-state index contributed by atoms with van der Waals surface area (Å²) < 4.78 is 28.4. The van der Waals surface area contributed by atoms with Crippen molar-refractivity contribution >= 4 is 32.7 Å². The molecule has 4 rings (SSSR count). The van der Waals surface area contributed by atoms with Crippen molar-refractivity contribution < 1.29 is 23.5 Å². The number of nitrogens with one attached hydrogen (secondary N) is 1. The monoisotopic (exact) mass is 528 g/mol. The largest absolute Gasteiger partial charge is 0.487 e. The first kappa shape index (κ1) is 23.9. The Morgan fingerprint density at radius 3 is 2.29 bits per heavy atom. The van der Waals surface area contributed by atoms with Crippen LogP contribution in [-0.4, -0.2) is 55.8 Å². The van der Waals surface area contributed by atoms with E-state index in [4.69, 9.17) is 23.5 Å². The lowest BCUT2D eigenvalue weighted by atomic mass is 10.1. The number of methoxy groups -OCH3 is 2. The molecule has 2 aromatic carbocycles. The lowest BCUT2D eigenvalue weighted by molar-refractivity contribution is 0.132. The van der Waals surface area contributed by atoms with Gasteiger partial charge in [0.1, 0.15) is 31.1 Å². The Hall–Kier alpha value is -3.21. The van der Waals surface area contributed by atoms with Crippen molar-refractivity contribution in [3.63, 3.8) is 0 Å². The summed E-state index contributed by atoms with van der Waals surface area (Å²) in [5.74, 6) is 2.49. The van der Waals surface area contributed by atoms with Crippen molar-refractivity contribution in [3.05, 3.63) is 59.0 Å². The van der Waals surface area contributed by atoms with Crippen LogP contribution in [-0.2, 0) is 16.0 Å². The van der Waals surface area contributed by atoms with E-state index in [1.165, 1.54) is 6.33 Å². The van der Waals surface area contributed by atoms with E-state index in [0.717, 1.165) is 26.6 Å². The van der Waals surface area contributed by atoms with Gasteiger partial charge in [0.25, 0.3) is 0 Å². The number of aromatic nitrogens is 3. The Labute approximate surface area is 205 Å². The van der Waals surface area contributed by atoms with Gasteiger partial charge in [0.05, 0.1) is 25.3 Å². The Bertz CT molecular complexity index is 1220. The van der Waals surface area contributed by atoms with Crippen LogP contribution in [0.5, 0.6) is 11.5 Å². The van der Waals surface area contributed by atoms with Crippen molar-refractivity contribution in [1.82, 2.24) is 15.1 Å². The van der Waals surface area contributed by atoms with Crippen LogP contribution >= 0.6 is 15.9 Å². The van der Waals surface area contributed by atoms with E-state index in [-0.39, 0.29) is 0 Å². The van der Waals surface area contributed by atoms with Crippen LogP contribution in [0.4, 0.5) is 5.82 Å². The maximum absolute atomic E-state index is 5.89. The molecule has 0 radical (unpaired) electrons. The van der Waals surface area contributed by atoms with Crippen LogP contribution in [0.15, 0.2) is 57.8 Å². The van der Waals surface area contributed by atoms with Gasteiger partial charge >= 0.3 is 0 Å². The molecule has 0 saturated carbocycles. The van der Waals surface area contributed by atoms with Gasteiger partial charge in [0, 0.05) is 41.8 Å². The summed E-state index contributed by atoms with van der Waals surface area (Å²) >= 11 is 3.44. The van der Waals surface area contributed by atoms with Gasteiger partial charge in [0.15, 0.2) is 17.3 Å². The first-order chi connectivity index (χ1) is 16.7. The highest BCUT2D eigenvalue weighted by molar-refractivity contribution is 9.10. The van der Waals surface area contributed by atoms with Gasteiger partial charge in [-0.15, -0.1) is 0 Å². The van der Waals surface area contributed by atoms with Crippen molar-refractivity contribution in [2.75, 3.05) is 46.0 Å². The fraction of sp³-hybridized carbons (Fsp3) is 0.292. The minimum absolute atomic E-state index is 0.385. The molecular formula is C24H25BrN4O5. The third kappa shape index (κ3) is 6.02. The third-order valence-corrected chi connectivity index (χ3v) is 5.45. The molecule has 2 heterocycles. The summed E-state index contributed by atoms with van der Waals surface area (Å²) in [6.07, 6.45) is 1.50. The predicted octanol–water partition coefficient (Wildman–Crippen LogP) is 4.71. The van der Waals surface area contributed by atoms with Gasteiger partial charge in [-0.05, 0) is 18.2 Å². The van der Waals surface area contributed by atoms with Gasteiger partial charge in [-0.2, -0.15) is 0 Å². The van der Waals surface area contributed by atoms with Crippen molar-refractivity contribution in [2.24, 2.45) is 0 Å². The zero-order chi connectivity index (χ0) is 23.8. The van der Waals surface area contributed by atoms with Gasteiger partial charge in [-0.1, -0.05) is 33.2 Å². The molecule has 1 N–H and O–H groups in total. The van der Waals surface area contributed by atoms with E-state index < -0.39 is 0 Å². The molecule has 0 aliphatic rings. The van der Waals surface area contributed by atoms with Crippen LogP contribution in [0, 0.1) is 0 Å². The molecule has 0 unspecified atom stereocenters. The number of fused-ring (bicyclic) bond motifs is 1. The fourth-order valence-corrected chi connectivity index (χ4v) is 3.49. The lowest BCUT2D eigenvalue weighted by Crippen LogP contribution is -2.09. The molecule has 9 nitrogen and oxygen atoms in total. The van der Waals surface area contributed by atoms with Crippen molar-refractivity contribution in [3.8, 4) is 22.8 Å². The fourth-order valence-electron chi connectivity index (χ4n) is 3.22. The topological polar surface area (TPSA) is 101 Å². The average Bonchev–Trinajstić information content (AvgIpc) is 3.32. The molecule has 0 spiro atoms. The Morgan fingerprint density at radius 1 is 0.882 bits per heavy atom. The maximum Gasteiger partial charge on any atom is 0.163 e. The number of hydrogen-bond donors (Lipinski definition) is 1. The average molecular weight is 529 g/mol. The molecule has 0 saturated heterocycles. The first-order valence-electron chi connectivity index (χ1n) is 10.7. The molecule has 2 aromatic heterocycles. The SMILES string of the molecule is COCCOc1cc2ncnc(NCc3cc(-c4ccc(Br)cc4)no3)c2cc1OCCOC. The molecule has 0 aliphatic carbocycles. The second-order valence-electron chi connectivity index (χ2n) is 7.26. The van der Waals surface area contributed by atoms with Crippen LogP contribution in [0.3, 0.4) is 0 Å². The molecular weight excluding hydrogens is 504 g/mol. The van der Waals surface area contributed by atoms with E-state index in [1.54, 1.807) is 14.2 Å². The highest BCUT2D eigenvalue weighted by Crippen LogP contribution is 2.34. The normalized spacial score (nSPS) is 11.0. The quantitative estimate of drug-likeness (QED) is 0.262. The predicted molar refractivity (Wildman–Crippen MR) is 131 cm³/mol. The highest BCUT2D eigenvalue weighted by Gasteiger charge is 2.14. The Morgan fingerprint density at radius 2 is 1.59 bits per heavy atom. The number of ether oxygens (including phenoxy) is 4. The molecule has 4 aromatic rings. The zero-order valence-electron chi connectivity index (χ0n) is 18.9. The van der Waals surface area contributed by atoms with E-state index in [0.29, 0.717) is 56.0 Å². The number of nitrogens with zero attached hydrogens (tertiary/aromatic N) is 3. The molecule has 0 atom stereocenters. The van der Waals surface area contributed by atoms with E-state index in [1.807, 2.05) is 42.5 Å². The van der Waals surface area contributed by atoms with Crippen molar-refractivity contribution in [2.45, 2.75) is 6.54 Å². The van der Waals surface area contributed by atoms with Crippen LogP contribution < -0.4 is 14.8 Å². The first-order valence-corrected chi connectivity index (χ1v) is 11.4. The van der Waals surface area contributed by atoms with E-state index in [9.17, 15) is 0 Å². The second-order valence-corrected chi connectivity index (χ2v) is 8.18. The second kappa shape index (κ2) is 11.8. The smallest absolute Gasteiger partial charge is 0.163 e. The van der Waals surface area contributed by atoms with Gasteiger partial charge in [-0.3, -0.25) is 0 Å². The molecule has 34 heavy (non-hydrogen) atoms. The maximum atomic E-state index is 5.89. The molecule has 0 bridgehead atoms. The summed E-state index contributed by atoms with van der Waals surface area (Å²) in [6.45, 7) is 2.10. The molecule has 0 amide bonds. The van der Waals surface area contributed by atoms with Crippen LogP contribution in [0.1, 0.15) is 5.76 Å². The number of benzene rings is 2.